The second kappa shape index (κ2) is 10.5. The standard InChI is InChI=1S/C20H23N9O12P2/c21-16-12-17(23-4-22-16)29(7-26-12)20-15-14(30)10(39-20)3-37-42(32,33)40-8-1-11(38-9(8)2-36-43(34,35)41-15)28-6-27-13-18(28)24-5-25-19(13)31/h4-11,14-15,20,30H,1-3H2,(H,32,33)(H,34,35)(H2,21,22,23)(H,24,25,31)/t8-,9+,10+,11+,14+,15+,20+/m0/s1. The first-order chi connectivity index (χ1) is 20.5. The van der Waals surface area contributed by atoms with Gasteiger partial charge in [0.2, 0.25) is 0 Å². The zero-order valence-corrected chi connectivity index (χ0v) is 23.4. The van der Waals surface area contributed by atoms with Gasteiger partial charge in [-0.15, -0.1) is 0 Å². The van der Waals surface area contributed by atoms with Crippen LogP contribution in [0.3, 0.4) is 0 Å². The first-order valence-electron chi connectivity index (χ1n) is 12.6. The minimum Gasteiger partial charge on any atom is -0.387 e. The molecule has 0 spiro atoms. The number of nitrogens with two attached hydrogens (primary N) is 1. The van der Waals surface area contributed by atoms with Gasteiger partial charge in [-0.1, -0.05) is 0 Å². The summed E-state index contributed by atoms with van der Waals surface area (Å²) in [6.45, 7) is -1.35. The van der Waals surface area contributed by atoms with Gasteiger partial charge in [-0.3, -0.25) is 32.0 Å². The van der Waals surface area contributed by atoms with Gasteiger partial charge in [0.05, 0.1) is 32.2 Å². The van der Waals surface area contributed by atoms with Gasteiger partial charge in [0.1, 0.15) is 48.6 Å². The molecule has 3 fully saturated rings. The van der Waals surface area contributed by atoms with Crippen molar-refractivity contribution in [3.8, 4) is 0 Å². The summed E-state index contributed by atoms with van der Waals surface area (Å²) in [6.07, 6.45) is -4.47. The first-order valence-corrected chi connectivity index (χ1v) is 15.6. The Hall–Kier alpha value is -3.20. The van der Waals surface area contributed by atoms with Gasteiger partial charge in [0, 0.05) is 6.42 Å². The fourth-order valence-electron chi connectivity index (χ4n) is 5.18. The van der Waals surface area contributed by atoms with Crippen molar-refractivity contribution >= 4 is 43.8 Å². The maximum absolute atomic E-state index is 13.1. The molecule has 0 radical (unpaired) electrons. The highest BCUT2D eigenvalue weighted by Crippen LogP contribution is 2.53. The number of aliphatic hydroxyl groups excluding tert-OH is 1. The number of nitrogens with one attached hydrogen (secondary N) is 1. The van der Waals surface area contributed by atoms with Gasteiger partial charge in [-0.05, 0) is 0 Å². The van der Waals surface area contributed by atoms with E-state index in [0.717, 1.165) is 6.33 Å². The lowest BCUT2D eigenvalue weighted by molar-refractivity contribution is -0.0670. The van der Waals surface area contributed by atoms with Gasteiger partial charge in [-0.25, -0.2) is 34.0 Å². The van der Waals surface area contributed by atoms with Crippen molar-refractivity contribution in [2.24, 2.45) is 0 Å². The summed E-state index contributed by atoms with van der Waals surface area (Å²) in [5.41, 5.74) is 5.89. The van der Waals surface area contributed by atoms with Gasteiger partial charge < -0.3 is 35.1 Å². The lowest BCUT2D eigenvalue weighted by Crippen LogP contribution is -2.35. The van der Waals surface area contributed by atoms with Crippen LogP contribution in [0.25, 0.3) is 22.3 Å². The zero-order chi connectivity index (χ0) is 30.1. The maximum atomic E-state index is 13.1. The molecular formula is C20H23N9O12P2. The molecule has 0 saturated carbocycles. The predicted octanol–water partition coefficient (Wildman–Crippen LogP) is -0.894. The SMILES string of the molecule is Nc1ncnc2c1ncn2[C@@H]1O[C@@H]2COP(=O)(O)O[C@H]3C[C@H](n4cnc5c(=O)[nH]cnc54)O[C@@H]3COP(=O)(O)O[C@@H]1[C@@H]2O. The molecule has 0 aliphatic carbocycles. The Bertz CT molecular complexity index is 1850. The molecular weight excluding hydrogens is 620 g/mol. The summed E-state index contributed by atoms with van der Waals surface area (Å²) in [6, 6.07) is 0. The number of rotatable bonds is 2. The van der Waals surface area contributed by atoms with Gasteiger partial charge in [-0.2, -0.15) is 0 Å². The third-order valence-electron chi connectivity index (χ3n) is 7.16. The number of phosphoric acid groups is 2. The van der Waals surface area contributed by atoms with E-state index in [-0.39, 0.29) is 34.6 Å². The molecule has 43 heavy (non-hydrogen) atoms. The molecule has 2 unspecified atom stereocenters. The number of H-pyrrole nitrogens is 1. The van der Waals surface area contributed by atoms with Crippen LogP contribution in [0.15, 0.2) is 30.1 Å². The molecule has 4 aromatic rings. The highest BCUT2D eigenvalue weighted by atomic mass is 31.2. The molecule has 3 saturated heterocycles. The van der Waals surface area contributed by atoms with Crippen LogP contribution in [-0.4, -0.2) is 97.7 Å². The van der Waals surface area contributed by atoms with E-state index >= 15 is 0 Å². The molecule has 230 valence electrons. The van der Waals surface area contributed by atoms with Crippen LogP contribution in [0, 0.1) is 0 Å². The average Bonchev–Trinajstić information content (AvgIpc) is 3.72. The minimum absolute atomic E-state index is 0.0261. The van der Waals surface area contributed by atoms with E-state index in [0.29, 0.717) is 0 Å². The highest BCUT2D eigenvalue weighted by molar-refractivity contribution is 7.47. The number of nitrogens with zero attached hydrogens (tertiary/aromatic N) is 7. The molecule has 3 aliphatic rings. The third kappa shape index (κ3) is 5.17. The Labute approximate surface area is 238 Å². The van der Waals surface area contributed by atoms with Crippen LogP contribution in [0.4, 0.5) is 5.82 Å². The average molecular weight is 643 g/mol. The molecule has 0 amide bonds. The third-order valence-corrected chi connectivity index (χ3v) is 9.16. The Morgan fingerprint density at radius 3 is 2.40 bits per heavy atom. The predicted molar refractivity (Wildman–Crippen MR) is 138 cm³/mol. The van der Waals surface area contributed by atoms with E-state index < -0.39 is 77.4 Å². The van der Waals surface area contributed by atoms with Crippen LogP contribution in [0.2, 0.25) is 0 Å². The molecule has 7 rings (SSSR count). The topological polar surface area (TPSA) is 283 Å². The number of hydrogen-bond acceptors (Lipinski definition) is 16. The maximum Gasteiger partial charge on any atom is 0.472 e. The summed E-state index contributed by atoms with van der Waals surface area (Å²) in [7, 11) is -9.82. The largest absolute Gasteiger partial charge is 0.472 e. The molecule has 4 aromatic heterocycles. The second-order valence-corrected chi connectivity index (χ2v) is 12.6. The van der Waals surface area contributed by atoms with Gasteiger partial charge in [0.15, 0.2) is 28.9 Å². The normalized spacial score (nSPS) is 37.1. The van der Waals surface area contributed by atoms with Crippen LogP contribution in [-0.2, 0) is 36.7 Å². The lowest BCUT2D eigenvalue weighted by atomic mass is 10.1. The number of hydrogen-bond donors (Lipinski definition) is 5. The van der Waals surface area contributed by atoms with Crippen molar-refractivity contribution in [3.05, 3.63) is 35.7 Å². The first kappa shape index (κ1) is 28.6. The summed E-state index contributed by atoms with van der Waals surface area (Å²) >= 11 is 0. The number of aromatic nitrogens is 8. The molecule has 3 aliphatic heterocycles. The fourth-order valence-corrected chi connectivity index (χ4v) is 7.07. The highest BCUT2D eigenvalue weighted by Gasteiger charge is 2.52. The number of ether oxygens (including phenoxy) is 2. The molecule has 21 nitrogen and oxygen atoms in total. The Morgan fingerprint density at radius 1 is 0.884 bits per heavy atom. The molecule has 9 atom stereocenters. The number of fused-ring (bicyclic) bond motifs is 5. The lowest BCUT2D eigenvalue weighted by Gasteiger charge is -2.25. The van der Waals surface area contributed by atoms with Crippen molar-refractivity contribution < 1.29 is 51.6 Å². The van der Waals surface area contributed by atoms with E-state index in [2.05, 4.69) is 29.9 Å². The monoisotopic (exact) mass is 643 g/mol. The zero-order valence-electron chi connectivity index (χ0n) is 21.6. The summed E-state index contributed by atoms with van der Waals surface area (Å²) < 4.78 is 61.7. The van der Waals surface area contributed by atoms with Crippen LogP contribution in [0.5, 0.6) is 0 Å². The van der Waals surface area contributed by atoms with Crippen LogP contribution < -0.4 is 11.3 Å². The van der Waals surface area contributed by atoms with E-state index in [4.69, 9.17) is 33.3 Å². The number of nitrogen functional groups attached to an aromatic ring is 1. The van der Waals surface area contributed by atoms with Gasteiger partial charge >= 0.3 is 15.6 Å². The summed E-state index contributed by atoms with van der Waals surface area (Å²) in [5.74, 6) is 0.0482. The second-order valence-electron chi connectivity index (χ2n) is 9.80. The minimum atomic E-state index is -4.97. The van der Waals surface area contributed by atoms with Crippen molar-refractivity contribution in [2.75, 3.05) is 18.9 Å². The smallest absolute Gasteiger partial charge is 0.387 e. The Morgan fingerprint density at radius 2 is 1.58 bits per heavy atom. The molecule has 2 bridgehead atoms. The number of anilines is 1. The molecule has 23 heteroatoms. The fraction of sp³-hybridized carbons (Fsp3) is 0.500. The Balaban J connectivity index is 1.18. The molecule has 7 heterocycles. The van der Waals surface area contributed by atoms with E-state index in [9.17, 15) is 28.8 Å². The van der Waals surface area contributed by atoms with Gasteiger partial charge in [0.25, 0.3) is 5.56 Å². The van der Waals surface area contributed by atoms with Crippen molar-refractivity contribution in [2.45, 2.75) is 49.4 Å². The number of aliphatic hydroxyl groups is 1. The van der Waals surface area contributed by atoms with Crippen molar-refractivity contribution in [1.29, 1.82) is 0 Å². The van der Waals surface area contributed by atoms with Crippen molar-refractivity contribution in [3.63, 3.8) is 0 Å². The van der Waals surface area contributed by atoms with Crippen LogP contribution in [0.1, 0.15) is 18.9 Å². The van der Waals surface area contributed by atoms with Crippen LogP contribution >= 0.6 is 15.6 Å². The molecule has 0 aromatic carbocycles. The Kier molecular flexibility index (Phi) is 6.95. The summed E-state index contributed by atoms with van der Waals surface area (Å²) in [5, 5.41) is 11.0. The van der Waals surface area contributed by atoms with Crippen molar-refractivity contribution in [1.82, 2.24) is 39.0 Å². The van der Waals surface area contributed by atoms with E-state index in [1.54, 1.807) is 0 Å². The summed E-state index contributed by atoms with van der Waals surface area (Å²) in [4.78, 5) is 55.9. The number of aromatic amines is 1. The molecule has 6 N–H and O–H groups in total. The number of imidazole rings is 2. The van der Waals surface area contributed by atoms with E-state index in [1.165, 1.54) is 28.1 Å². The quantitative estimate of drug-likeness (QED) is 0.165. The number of phosphoric ester groups is 2. The van der Waals surface area contributed by atoms with E-state index in [1.807, 2.05) is 0 Å².